The Morgan fingerprint density at radius 3 is 2.60 bits per heavy atom. The highest BCUT2D eigenvalue weighted by Gasteiger charge is 2.14. The second-order valence-corrected chi connectivity index (χ2v) is 5.76. The zero-order valence-electron chi connectivity index (χ0n) is 12.3. The molecule has 6 heteroatoms. The number of anilines is 2. The summed E-state index contributed by atoms with van der Waals surface area (Å²) in [4.78, 5) is 8.98. The highest BCUT2D eigenvalue weighted by molar-refractivity contribution is 7.98. The standard InChI is InChI=1S/C14H24N4OS/c1-3-6-15-12-9-13(18-14(17-12)20-2)16-10-11-4-7-19-8-5-11/h9,11H,3-8,10H2,1-2H3,(H2,15,16,17,18). The molecule has 2 N–H and O–H groups in total. The van der Waals surface area contributed by atoms with Gasteiger partial charge in [-0.3, -0.25) is 0 Å². The van der Waals surface area contributed by atoms with Gasteiger partial charge < -0.3 is 15.4 Å². The van der Waals surface area contributed by atoms with Crippen LogP contribution in [0.3, 0.4) is 0 Å². The van der Waals surface area contributed by atoms with Crippen LogP contribution in [0.15, 0.2) is 11.2 Å². The number of rotatable bonds is 7. The predicted molar refractivity (Wildman–Crippen MR) is 84.6 cm³/mol. The number of hydrogen-bond acceptors (Lipinski definition) is 6. The third-order valence-electron chi connectivity index (χ3n) is 3.36. The number of hydrogen-bond donors (Lipinski definition) is 2. The number of nitrogens with zero attached hydrogens (tertiary/aromatic N) is 2. The Bertz CT molecular complexity index is 410. The first kappa shape index (κ1) is 15.4. The van der Waals surface area contributed by atoms with Crippen LogP contribution in [-0.4, -0.2) is 42.5 Å². The molecule has 0 amide bonds. The molecule has 0 atom stereocenters. The van der Waals surface area contributed by atoms with E-state index in [2.05, 4.69) is 27.5 Å². The minimum atomic E-state index is 0.684. The van der Waals surface area contributed by atoms with E-state index >= 15 is 0 Å². The molecule has 1 saturated heterocycles. The van der Waals surface area contributed by atoms with E-state index in [4.69, 9.17) is 4.74 Å². The van der Waals surface area contributed by atoms with Crippen LogP contribution in [0.4, 0.5) is 11.6 Å². The normalized spacial score (nSPS) is 16.1. The van der Waals surface area contributed by atoms with Gasteiger partial charge in [-0.25, -0.2) is 9.97 Å². The molecule has 0 saturated carbocycles. The van der Waals surface area contributed by atoms with Gasteiger partial charge in [0.25, 0.3) is 0 Å². The molecule has 2 heterocycles. The smallest absolute Gasteiger partial charge is 0.191 e. The van der Waals surface area contributed by atoms with Crippen molar-refractivity contribution in [1.82, 2.24) is 9.97 Å². The van der Waals surface area contributed by atoms with Crippen molar-refractivity contribution < 1.29 is 4.74 Å². The molecule has 20 heavy (non-hydrogen) atoms. The average Bonchev–Trinajstić information content (AvgIpc) is 2.51. The quantitative estimate of drug-likeness (QED) is 0.596. The molecular formula is C14H24N4OS. The van der Waals surface area contributed by atoms with Gasteiger partial charge in [-0.1, -0.05) is 18.7 Å². The molecule has 0 aliphatic carbocycles. The lowest BCUT2D eigenvalue weighted by Gasteiger charge is -2.22. The highest BCUT2D eigenvalue weighted by Crippen LogP contribution is 2.19. The summed E-state index contributed by atoms with van der Waals surface area (Å²) in [6.45, 7) is 5.81. The first-order chi connectivity index (χ1) is 9.81. The lowest BCUT2D eigenvalue weighted by atomic mass is 10.0. The minimum absolute atomic E-state index is 0.684. The van der Waals surface area contributed by atoms with Gasteiger partial charge >= 0.3 is 0 Å². The fourth-order valence-corrected chi connectivity index (χ4v) is 2.53. The predicted octanol–water partition coefficient (Wildman–Crippen LogP) is 2.86. The topological polar surface area (TPSA) is 59.1 Å². The molecule has 1 aliphatic heterocycles. The Balaban J connectivity index is 1.94. The maximum Gasteiger partial charge on any atom is 0.191 e. The number of aromatic nitrogens is 2. The second kappa shape index (κ2) is 8.32. The molecule has 0 spiro atoms. The van der Waals surface area contributed by atoms with Crippen LogP contribution in [-0.2, 0) is 4.74 Å². The summed E-state index contributed by atoms with van der Waals surface area (Å²) in [5.74, 6) is 2.50. The summed E-state index contributed by atoms with van der Waals surface area (Å²) in [5, 5.41) is 7.57. The Morgan fingerprint density at radius 1 is 1.25 bits per heavy atom. The molecule has 1 aliphatic rings. The lowest BCUT2D eigenvalue weighted by Crippen LogP contribution is -2.23. The average molecular weight is 296 g/mol. The first-order valence-electron chi connectivity index (χ1n) is 7.30. The van der Waals surface area contributed by atoms with Crippen LogP contribution in [0.5, 0.6) is 0 Å². The van der Waals surface area contributed by atoms with Gasteiger partial charge in [0, 0.05) is 32.4 Å². The zero-order chi connectivity index (χ0) is 14.2. The van der Waals surface area contributed by atoms with Crippen LogP contribution >= 0.6 is 11.8 Å². The highest BCUT2D eigenvalue weighted by atomic mass is 32.2. The zero-order valence-corrected chi connectivity index (χ0v) is 13.1. The van der Waals surface area contributed by atoms with Crippen molar-refractivity contribution in [3.63, 3.8) is 0 Å². The van der Waals surface area contributed by atoms with Gasteiger partial charge in [0.1, 0.15) is 11.6 Å². The number of nitrogens with one attached hydrogen (secondary N) is 2. The summed E-state index contributed by atoms with van der Waals surface area (Å²) in [6.07, 6.45) is 5.35. The fraction of sp³-hybridized carbons (Fsp3) is 0.714. The van der Waals surface area contributed by atoms with Crippen molar-refractivity contribution in [1.29, 1.82) is 0 Å². The van der Waals surface area contributed by atoms with Gasteiger partial charge in [0.05, 0.1) is 0 Å². The molecule has 0 aromatic carbocycles. The van der Waals surface area contributed by atoms with E-state index in [1.54, 1.807) is 11.8 Å². The third kappa shape index (κ3) is 4.83. The van der Waals surface area contributed by atoms with E-state index in [0.717, 1.165) is 62.4 Å². The van der Waals surface area contributed by atoms with Crippen molar-refractivity contribution in [2.24, 2.45) is 5.92 Å². The first-order valence-corrected chi connectivity index (χ1v) is 8.53. The van der Waals surface area contributed by atoms with E-state index in [0.29, 0.717) is 5.92 Å². The molecule has 2 rings (SSSR count). The van der Waals surface area contributed by atoms with Gasteiger partial charge in [-0.05, 0) is 31.4 Å². The molecular weight excluding hydrogens is 272 g/mol. The monoisotopic (exact) mass is 296 g/mol. The van der Waals surface area contributed by atoms with Crippen LogP contribution in [0, 0.1) is 5.92 Å². The van der Waals surface area contributed by atoms with E-state index in [9.17, 15) is 0 Å². The summed E-state index contributed by atoms with van der Waals surface area (Å²) in [7, 11) is 0. The van der Waals surface area contributed by atoms with Crippen LogP contribution < -0.4 is 10.6 Å². The van der Waals surface area contributed by atoms with Crippen LogP contribution in [0.1, 0.15) is 26.2 Å². The summed E-state index contributed by atoms with van der Waals surface area (Å²) < 4.78 is 5.38. The van der Waals surface area contributed by atoms with Crippen LogP contribution in [0.2, 0.25) is 0 Å². The number of thioether (sulfide) groups is 1. The van der Waals surface area contributed by atoms with Crippen molar-refractivity contribution in [3.05, 3.63) is 6.07 Å². The number of ether oxygens (including phenoxy) is 1. The lowest BCUT2D eigenvalue weighted by molar-refractivity contribution is 0.0699. The molecule has 112 valence electrons. The molecule has 1 fully saturated rings. The third-order valence-corrected chi connectivity index (χ3v) is 3.90. The van der Waals surface area contributed by atoms with E-state index in [1.165, 1.54) is 0 Å². The Hall–Kier alpha value is -1.01. The van der Waals surface area contributed by atoms with E-state index in [-0.39, 0.29) is 0 Å². The Labute approximate surface area is 125 Å². The summed E-state index contributed by atoms with van der Waals surface area (Å²) in [6, 6.07) is 1.99. The maximum atomic E-state index is 5.38. The molecule has 0 radical (unpaired) electrons. The van der Waals surface area contributed by atoms with Crippen LogP contribution in [0.25, 0.3) is 0 Å². The second-order valence-electron chi connectivity index (χ2n) is 4.99. The SMILES string of the molecule is CCCNc1cc(NCC2CCOCC2)nc(SC)n1. The molecule has 1 aromatic heterocycles. The van der Waals surface area contributed by atoms with Crippen molar-refractivity contribution in [2.45, 2.75) is 31.3 Å². The van der Waals surface area contributed by atoms with Crippen molar-refractivity contribution >= 4 is 23.4 Å². The van der Waals surface area contributed by atoms with Gasteiger partial charge in [0.15, 0.2) is 5.16 Å². The largest absolute Gasteiger partial charge is 0.381 e. The fourth-order valence-electron chi connectivity index (χ4n) is 2.15. The van der Waals surface area contributed by atoms with E-state index in [1.807, 2.05) is 12.3 Å². The summed E-state index contributed by atoms with van der Waals surface area (Å²) >= 11 is 1.57. The molecule has 1 aromatic rings. The summed E-state index contributed by atoms with van der Waals surface area (Å²) in [5.41, 5.74) is 0. The van der Waals surface area contributed by atoms with Gasteiger partial charge in [-0.2, -0.15) is 0 Å². The minimum Gasteiger partial charge on any atom is -0.381 e. The molecule has 0 bridgehead atoms. The van der Waals surface area contributed by atoms with Gasteiger partial charge in [-0.15, -0.1) is 0 Å². The maximum absolute atomic E-state index is 5.38. The molecule has 5 nitrogen and oxygen atoms in total. The van der Waals surface area contributed by atoms with Crippen molar-refractivity contribution in [2.75, 3.05) is 43.2 Å². The molecule has 0 unspecified atom stereocenters. The van der Waals surface area contributed by atoms with Crippen molar-refractivity contribution in [3.8, 4) is 0 Å². The van der Waals surface area contributed by atoms with E-state index < -0.39 is 0 Å². The Kier molecular flexibility index (Phi) is 6.39. The van der Waals surface area contributed by atoms with Gasteiger partial charge in [0.2, 0.25) is 0 Å². The Morgan fingerprint density at radius 2 is 1.95 bits per heavy atom.